The van der Waals surface area contributed by atoms with Gasteiger partial charge >= 0.3 is 0 Å². The number of halogens is 2. The molecule has 2 rings (SSSR count). The topological polar surface area (TPSA) is 40.6 Å². The highest BCUT2D eigenvalue weighted by atomic mass is 79.9. The lowest BCUT2D eigenvalue weighted by Crippen LogP contribution is -2.34. The molecule has 1 aromatic rings. The Morgan fingerprint density at radius 2 is 2.11 bits per heavy atom. The Morgan fingerprint density at radius 3 is 2.63 bits per heavy atom. The zero-order chi connectivity index (χ0) is 14.0. The number of hydrogen-bond donors (Lipinski definition) is 0. The van der Waals surface area contributed by atoms with Crippen LogP contribution in [-0.4, -0.2) is 50.8 Å². The molecule has 0 aromatic carbocycles. The lowest BCUT2D eigenvalue weighted by molar-refractivity contribution is 0.310. The van der Waals surface area contributed by atoms with Gasteiger partial charge in [0, 0.05) is 20.1 Å². The number of nitrogens with zero attached hydrogens (tertiary/aromatic N) is 2. The second kappa shape index (κ2) is 6.41. The van der Waals surface area contributed by atoms with E-state index in [4.69, 9.17) is 11.6 Å². The summed E-state index contributed by atoms with van der Waals surface area (Å²) in [5.41, 5.74) is 0. The molecule has 0 atom stereocenters. The molecule has 2 heterocycles. The molecule has 0 bridgehead atoms. The first-order valence-electron chi connectivity index (χ1n) is 6.05. The molecule has 1 fully saturated rings. The number of hydrogen-bond acceptors (Lipinski definition) is 4. The maximum Gasteiger partial charge on any atom is 0.252 e. The van der Waals surface area contributed by atoms with Crippen LogP contribution in [0.1, 0.15) is 12.8 Å². The summed E-state index contributed by atoms with van der Waals surface area (Å²) in [5.74, 6) is 0. The number of likely N-dealkylation sites (N-methyl/N-ethyl adjacent to an activating group) is 1. The third kappa shape index (κ3) is 3.71. The smallest absolute Gasteiger partial charge is 0.252 e. The van der Waals surface area contributed by atoms with Crippen molar-refractivity contribution in [2.75, 3.05) is 33.2 Å². The molecular formula is C11H16BrClN2O2S2. The molecule has 0 N–H and O–H groups in total. The fourth-order valence-electron chi connectivity index (χ4n) is 2.02. The molecule has 1 aliphatic rings. The first-order valence-corrected chi connectivity index (χ1v) is 9.47. The minimum atomic E-state index is -3.42. The van der Waals surface area contributed by atoms with Gasteiger partial charge < -0.3 is 4.90 Å². The van der Waals surface area contributed by atoms with Gasteiger partial charge in [-0.2, -0.15) is 4.31 Å². The van der Waals surface area contributed by atoms with Crippen LogP contribution >= 0.6 is 38.9 Å². The summed E-state index contributed by atoms with van der Waals surface area (Å²) in [5, 5.41) is 0.441. The predicted octanol–water partition coefficient (Wildman–Crippen LogP) is 2.88. The van der Waals surface area contributed by atoms with E-state index in [1.807, 2.05) is 0 Å². The van der Waals surface area contributed by atoms with E-state index in [0.29, 0.717) is 15.4 Å². The van der Waals surface area contributed by atoms with Gasteiger partial charge in [0.2, 0.25) is 0 Å². The van der Waals surface area contributed by atoms with Crippen LogP contribution < -0.4 is 0 Å². The van der Waals surface area contributed by atoms with Gasteiger partial charge in [0.25, 0.3) is 10.0 Å². The monoisotopic (exact) mass is 386 g/mol. The molecular weight excluding hydrogens is 372 g/mol. The Balaban J connectivity index is 2.01. The minimum Gasteiger partial charge on any atom is -0.302 e. The lowest BCUT2D eigenvalue weighted by atomic mass is 10.4. The van der Waals surface area contributed by atoms with E-state index in [1.165, 1.54) is 23.2 Å². The summed E-state index contributed by atoms with van der Waals surface area (Å²) in [6.07, 6.45) is 2.42. The van der Waals surface area contributed by atoms with Gasteiger partial charge in [0.15, 0.2) is 0 Å². The third-order valence-corrected chi connectivity index (χ3v) is 8.00. The zero-order valence-corrected chi connectivity index (χ0v) is 14.6. The predicted molar refractivity (Wildman–Crippen MR) is 82.5 cm³/mol. The highest BCUT2D eigenvalue weighted by Crippen LogP contribution is 2.35. The zero-order valence-electron chi connectivity index (χ0n) is 10.6. The quantitative estimate of drug-likeness (QED) is 0.780. The van der Waals surface area contributed by atoms with Gasteiger partial charge in [-0.3, -0.25) is 0 Å². The summed E-state index contributed by atoms with van der Waals surface area (Å²) in [4.78, 5) is 2.29. The first-order chi connectivity index (χ1) is 8.91. The van der Waals surface area contributed by atoms with Crippen molar-refractivity contribution in [3.8, 4) is 0 Å². The van der Waals surface area contributed by atoms with Gasteiger partial charge in [0.1, 0.15) is 4.21 Å². The Morgan fingerprint density at radius 1 is 1.47 bits per heavy atom. The van der Waals surface area contributed by atoms with Gasteiger partial charge in [-0.15, -0.1) is 11.3 Å². The van der Waals surface area contributed by atoms with E-state index in [9.17, 15) is 8.42 Å². The van der Waals surface area contributed by atoms with Gasteiger partial charge in [-0.25, -0.2) is 8.42 Å². The molecule has 19 heavy (non-hydrogen) atoms. The molecule has 0 radical (unpaired) electrons. The molecule has 0 amide bonds. The average molecular weight is 388 g/mol. The van der Waals surface area contributed by atoms with Crippen LogP contribution in [0, 0.1) is 0 Å². The van der Waals surface area contributed by atoms with E-state index in [1.54, 1.807) is 7.05 Å². The van der Waals surface area contributed by atoms with Crippen LogP contribution in [-0.2, 0) is 10.0 Å². The maximum absolute atomic E-state index is 12.3. The van der Waals surface area contributed by atoms with Gasteiger partial charge in [-0.1, -0.05) is 11.6 Å². The third-order valence-electron chi connectivity index (χ3n) is 3.22. The molecule has 0 unspecified atom stereocenters. The SMILES string of the molecule is CN(CCN1CCCC1)S(=O)(=O)c1cc(Cl)c(Br)s1. The maximum atomic E-state index is 12.3. The Bertz CT molecular complexity index is 521. The van der Waals surface area contributed by atoms with E-state index in [0.717, 1.165) is 31.0 Å². The van der Waals surface area contributed by atoms with Crippen molar-refractivity contribution in [2.45, 2.75) is 17.1 Å². The molecule has 0 aliphatic carbocycles. The summed E-state index contributed by atoms with van der Waals surface area (Å²) in [6.45, 7) is 3.44. The highest BCUT2D eigenvalue weighted by Gasteiger charge is 2.25. The molecule has 0 spiro atoms. The van der Waals surface area contributed by atoms with Crippen LogP contribution in [0.4, 0.5) is 0 Å². The van der Waals surface area contributed by atoms with Crippen LogP contribution in [0.3, 0.4) is 0 Å². The van der Waals surface area contributed by atoms with Gasteiger partial charge in [0.05, 0.1) is 8.81 Å². The normalized spacial score (nSPS) is 17.5. The van der Waals surface area contributed by atoms with Crippen LogP contribution in [0.5, 0.6) is 0 Å². The number of thiophene rings is 1. The van der Waals surface area contributed by atoms with Crippen LogP contribution in [0.15, 0.2) is 14.1 Å². The molecule has 4 nitrogen and oxygen atoms in total. The minimum absolute atomic E-state index is 0.285. The number of rotatable bonds is 5. The van der Waals surface area contributed by atoms with Gasteiger partial charge in [-0.05, 0) is 47.9 Å². The Labute approximate surface area is 131 Å². The largest absolute Gasteiger partial charge is 0.302 e. The fraction of sp³-hybridized carbons (Fsp3) is 0.636. The van der Waals surface area contributed by atoms with Crippen molar-refractivity contribution in [2.24, 2.45) is 0 Å². The molecule has 1 aromatic heterocycles. The van der Waals surface area contributed by atoms with E-state index in [-0.39, 0.29) is 4.21 Å². The van der Waals surface area contributed by atoms with Crippen molar-refractivity contribution in [3.05, 3.63) is 14.9 Å². The summed E-state index contributed by atoms with van der Waals surface area (Å²) >= 11 is 10.3. The fourth-order valence-corrected chi connectivity index (χ4v) is 5.79. The second-order valence-electron chi connectivity index (χ2n) is 4.56. The molecule has 0 saturated carbocycles. The van der Waals surface area contributed by atoms with Crippen LogP contribution in [0.2, 0.25) is 5.02 Å². The first kappa shape index (κ1) is 15.7. The molecule has 8 heteroatoms. The molecule has 1 aliphatic heterocycles. The van der Waals surface area contributed by atoms with E-state index >= 15 is 0 Å². The average Bonchev–Trinajstić information content (AvgIpc) is 2.97. The second-order valence-corrected chi connectivity index (χ2v) is 9.61. The lowest BCUT2D eigenvalue weighted by Gasteiger charge is -2.20. The van der Waals surface area contributed by atoms with Crippen molar-refractivity contribution in [1.29, 1.82) is 0 Å². The van der Waals surface area contributed by atoms with Crippen molar-refractivity contribution < 1.29 is 8.42 Å². The molecule has 108 valence electrons. The summed E-state index contributed by atoms with van der Waals surface area (Å²) in [6, 6.07) is 1.50. The molecule has 1 saturated heterocycles. The van der Waals surface area contributed by atoms with Crippen LogP contribution in [0.25, 0.3) is 0 Å². The van der Waals surface area contributed by atoms with Crippen molar-refractivity contribution >= 4 is 48.9 Å². The summed E-state index contributed by atoms with van der Waals surface area (Å²) in [7, 11) is -1.80. The number of likely N-dealkylation sites (tertiary alicyclic amines) is 1. The van der Waals surface area contributed by atoms with E-state index in [2.05, 4.69) is 20.8 Å². The standard InChI is InChI=1S/C11H16BrClN2O2S2/c1-14(6-7-15-4-2-3-5-15)19(16,17)10-8-9(13)11(12)18-10/h8H,2-7H2,1H3. The number of sulfonamides is 1. The Hall–Kier alpha value is 0.340. The Kier molecular flexibility index (Phi) is 5.30. The summed E-state index contributed by atoms with van der Waals surface area (Å²) < 4.78 is 27.0. The highest BCUT2D eigenvalue weighted by molar-refractivity contribution is 9.11. The van der Waals surface area contributed by atoms with Crippen molar-refractivity contribution in [1.82, 2.24) is 9.21 Å². The van der Waals surface area contributed by atoms with Crippen molar-refractivity contribution in [3.63, 3.8) is 0 Å². The van der Waals surface area contributed by atoms with E-state index < -0.39 is 10.0 Å².